The molecule has 2 N–H and O–H groups in total. The lowest BCUT2D eigenvalue weighted by atomic mass is 9.91. The second kappa shape index (κ2) is 8.11. The third-order valence-electron chi connectivity index (χ3n) is 4.72. The fourth-order valence-electron chi connectivity index (χ4n) is 3.41. The van der Waals surface area contributed by atoms with Crippen LogP contribution >= 0.6 is 12.4 Å². The second-order valence-corrected chi connectivity index (χ2v) is 6.37. The molecule has 1 saturated carbocycles. The number of hydrogen-bond acceptors (Lipinski definition) is 2. The van der Waals surface area contributed by atoms with Crippen LogP contribution < -0.4 is 10.6 Å². The first-order chi connectivity index (χ1) is 8.66. The lowest BCUT2D eigenvalue weighted by molar-refractivity contribution is -0.126. The number of hydrogen-bond donors (Lipinski definition) is 2. The van der Waals surface area contributed by atoms with E-state index in [4.69, 9.17) is 0 Å². The molecule has 112 valence electrons. The Balaban J connectivity index is 0.00000180. The van der Waals surface area contributed by atoms with E-state index in [9.17, 15) is 4.79 Å². The summed E-state index contributed by atoms with van der Waals surface area (Å²) >= 11 is 0. The summed E-state index contributed by atoms with van der Waals surface area (Å²) in [5.74, 6) is 1.83. The Labute approximate surface area is 123 Å². The first-order valence-electron chi connectivity index (χ1n) is 7.68. The number of carbonyl (C=O) groups is 1. The van der Waals surface area contributed by atoms with Gasteiger partial charge in [0.25, 0.3) is 0 Å². The summed E-state index contributed by atoms with van der Waals surface area (Å²) in [7, 11) is 0. The Hall–Kier alpha value is -0.280. The van der Waals surface area contributed by atoms with Gasteiger partial charge in [-0.25, -0.2) is 0 Å². The zero-order chi connectivity index (χ0) is 13.0. The van der Waals surface area contributed by atoms with Crippen molar-refractivity contribution in [2.45, 2.75) is 58.4 Å². The Morgan fingerprint density at radius 1 is 1.32 bits per heavy atom. The minimum Gasteiger partial charge on any atom is -0.353 e. The molecule has 3 atom stereocenters. The smallest absolute Gasteiger partial charge is 0.223 e. The zero-order valence-electron chi connectivity index (χ0n) is 12.3. The number of carbonyl (C=O) groups excluding carboxylic acids is 1. The van der Waals surface area contributed by atoms with Crippen LogP contribution in [0.5, 0.6) is 0 Å². The monoisotopic (exact) mass is 288 g/mol. The first-order valence-corrected chi connectivity index (χ1v) is 7.68. The standard InChI is InChI=1S/C15H28N2O.ClH/c1-11(9-13-5-3-4-6-13)15(18)17-14-7-8-16-10-12(14)2;/h11-14,16H,3-10H2,1-2H3,(H,17,18);1H. The van der Waals surface area contributed by atoms with Crippen molar-refractivity contribution in [3.8, 4) is 0 Å². The molecular formula is C15H29ClN2O. The largest absolute Gasteiger partial charge is 0.353 e. The lowest BCUT2D eigenvalue weighted by Gasteiger charge is -2.31. The Kier molecular flexibility index (Phi) is 7.16. The van der Waals surface area contributed by atoms with Crippen molar-refractivity contribution >= 4 is 18.3 Å². The van der Waals surface area contributed by atoms with Crippen molar-refractivity contribution in [2.75, 3.05) is 13.1 Å². The first kappa shape index (κ1) is 16.8. The van der Waals surface area contributed by atoms with Crippen molar-refractivity contribution in [3.05, 3.63) is 0 Å². The maximum absolute atomic E-state index is 12.2. The minimum atomic E-state index is 0. The number of nitrogens with one attached hydrogen (secondary N) is 2. The molecule has 0 aromatic carbocycles. The van der Waals surface area contributed by atoms with Crippen LogP contribution in [-0.4, -0.2) is 25.0 Å². The molecule has 1 saturated heterocycles. The number of halogens is 1. The predicted octanol–water partition coefficient (Wildman–Crippen LogP) is 2.74. The third kappa shape index (κ3) is 4.96. The molecule has 0 spiro atoms. The van der Waals surface area contributed by atoms with Gasteiger partial charge < -0.3 is 10.6 Å². The molecule has 1 aliphatic heterocycles. The van der Waals surface area contributed by atoms with Gasteiger partial charge in [0.1, 0.15) is 0 Å². The summed E-state index contributed by atoms with van der Waals surface area (Å²) in [6.45, 7) is 6.38. The molecule has 2 rings (SSSR count). The minimum absolute atomic E-state index is 0. The highest BCUT2D eigenvalue weighted by atomic mass is 35.5. The molecule has 0 aromatic rings. The average Bonchev–Trinajstić information content (AvgIpc) is 2.84. The molecular weight excluding hydrogens is 260 g/mol. The molecule has 0 bridgehead atoms. The summed E-state index contributed by atoms with van der Waals surface area (Å²) in [5, 5.41) is 6.64. The van der Waals surface area contributed by atoms with E-state index in [1.165, 1.54) is 25.7 Å². The van der Waals surface area contributed by atoms with Crippen molar-refractivity contribution in [3.63, 3.8) is 0 Å². The highest BCUT2D eigenvalue weighted by Gasteiger charge is 2.26. The molecule has 1 heterocycles. The summed E-state index contributed by atoms with van der Waals surface area (Å²) in [6.07, 6.45) is 7.56. The number of piperidine rings is 1. The third-order valence-corrected chi connectivity index (χ3v) is 4.72. The van der Waals surface area contributed by atoms with E-state index in [2.05, 4.69) is 24.5 Å². The van der Waals surface area contributed by atoms with Crippen LogP contribution in [0.4, 0.5) is 0 Å². The molecule has 0 aromatic heterocycles. The van der Waals surface area contributed by atoms with Crippen LogP contribution in [0.2, 0.25) is 0 Å². The number of amides is 1. The van der Waals surface area contributed by atoms with Crippen LogP contribution in [-0.2, 0) is 4.79 Å². The molecule has 1 aliphatic carbocycles. The topological polar surface area (TPSA) is 41.1 Å². The summed E-state index contributed by atoms with van der Waals surface area (Å²) in [5.41, 5.74) is 0. The molecule has 4 heteroatoms. The molecule has 3 nitrogen and oxygen atoms in total. The molecule has 1 amide bonds. The molecule has 3 unspecified atom stereocenters. The van der Waals surface area contributed by atoms with Gasteiger partial charge in [0.05, 0.1) is 0 Å². The Morgan fingerprint density at radius 3 is 2.63 bits per heavy atom. The van der Waals surface area contributed by atoms with Gasteiger partial charge in [-0.2, -0.15) is 0 Å². The average molecular weight is 289 g/mol. The molecule has 2 aliphatic rings. The maximum Gasteiger partial charge on any atom is 0.223 e. The molecule has 2 fully saturated rings. The Bertz CT molecular complexity index is 279. The van der Waals surface area contributed by atoms with Crippen molar-refractivity contribution in [1.29, 1.82) is 0 Å². The van der Waals surface area contributed by atoms with E-state index in [-0.39, 0.29) is 24.2 Å². The lowest BCUT2D eigenvalue weighted by Crippen LogP contribution is -2.49. The van der Waals surface area contributed by atoms with Gasteiger partial charge in [0.2, 0.25) is 5.91 Å². The predicted molar refractivity (Wildman–Crippen MR) is 81.6 cm³/mol. The summed E-state index contributed by atoms with van der Waals surface area (Å²) in [4.78, 5) is 12.2. The van der Waals surface area contributed by atoms with Gasteiger partial charge in [-0.3, -0.25) is 4.79 Å². The maximum atomic E-state index is 12.2. The zero-order valence-corrected chi connectivity index (χ0v) is 13.1. The highest BCUT2D eigenvalue weighted by molar-refractivity contribution is 5.85. The van der Waals surface area contributed by atoms with E-state index in [1.54, 1.807) is 0 Å². The van der Waals surface area contributed by atoms with Gasteiger partial charge in [-0.1, -0.05) is 39.5 Å². The van der Waals surface area contributed by atoms with Gasteiger partial charge in [-0.05, 0) is 37.8 Å². The van der Waals surface area contributed by atoms with E-state index in [0.717, 1.165) is 31.8 Å². The number of rotatable bonds is 4. The van der Waals surface area contributed by atoms with Crippen LogP contribution in [0.15, 0.2) is 0 Å². The fourth-order valence-corrected chi connectivity index (χ4v) is 3.41. The Morgan fingerprint density at radius 2 is 2.00 bits per heavy atom. The van der Waals surface area contributed by atoms with Crippen LogP contribution in [0.3, 0.4) is 0 Å². The van der Waals surface area contributed by atoms with Crippen molar-refractivity contribution in [2.24, 2.45) is 17.8 Å². The molecule has 0 radical (unpaired) electrons. The summed E-state index contributed by atoms with van der Waals surface area (Å²) < 4.78 is 0. The van der Waals surface area contributed by atoms with Crippen molar-refractivity contribution < 1.29 is 4.79 Å². The van der Waals surface area contributed by atoms with Crippen LogP contribution in [0, 0.1) is 17.8 Å². The van der Waals surface area contributed by atoms with Gasteiger partial charge in [-0.15, -0.1) is 12.4 Å². The van der Waals surface area contributed by atoms with Gasteiger partial charge >= 0.3 is 0 Å². The SMILES string of the molecule is CC(CC1CCCC1)C(=O)NC1CCNCC1C.Cl. The van der Waals surface area contributed by atoms with Crippen LogP contribution in [0.1, 0.15) is 52.4 Å². The van der Waals surface area contributed by atoms with Gasteiger partial charge in [0.15, 0.2) is 0 Å². The fraction of sp³-hybridized carbons (Fsp3) is 0.933. The van der Waals surface area contributed by atoms with E-state index >= 15 is 0 Å². The van der Waals surface area contributed by atoms with E-state index in [0.29, 0.717) is 12.0 Å². The molecule has 19 heavy (non-hydrogen) atoms. The second-order valence-electron chi connectivity index (χ2n) is 6.37. The highest BCUT2D eigenvalue weighted by Crippen LogP contribution is 2.30. The quantitative estimate of drug-likeness (QED) is 0.835. The van der Waals surface area contributed by atoms with Gasteiger partial charge in [0, 0.05) is 12.0 Å². The van der Waals surface area contributed by atoms with E-state index < -0.39 is 0 Å². The summed E-state index contributed by atoms with van der Waals surface area (Å²) in [6, 6.07) is 0.379. The normalized spacial score (nSPS) is 29.6. The van der Waals surface area contributed by atoms with Crippen LogP contribution in [0.25, 0.3) is 0 Å². The van der Waals surface area contributed by atoms with Crippen molar-refractivity contribution in [1.82, 2.24) is 10.6 Å². The van der Waals surface area contributed by atoms with E-state index in [1.807, 2.05) is 0 Å².